The Labute approximate surface area is 89.0 Å². The number of halogens is 1. The Morgan fingerprint density at radius 2 is 2.17 bits per heavy atom. The van der Waals surface area contributed by atoms with Crippen LogP contribution in [0, 0.1) is 11.8 Å². The third-order valence-electron chi connectivity index (χ3n) is 2.96. The van der Waals surface area contributed by atoms with Crippen LogP contribution in [0.3, 0.4) is 0 Å². The predicted octanol–water partition coefficient (Wildman–Crippen LogP) is 3.94. The minimum atomic E-state index is 0.800. The van der Waals surface area contributed by atoms with Gasteiger partial charge in [-0.3, -0.25) is 0 Å². The zero-order chi connectivity index (χ0) is 8.97. The van der Waals surface area contributed by atoms with Crippen LogP contribution in [-0.4, -0.2) is 16.3 Å². The molecule has 0 amide bonds. The van der Waals surface area contributed by atoms with Crippen LogP contribution in [-0.2, 0) is 0 Å². The number of rotatable bonds is 4. The smallest absolute Gasteiger partial charge is 0.0174 e. The Bertz CT molecular complexity index is 127. The SMILES string of the molecule is CCSCCC1CCC(Br)C1C. The van der Waals surface area contributed by atoms with E-state index in [1.54, 1.807) is 0 Å². The lowest BCUT2D eigenvalue weighted by Gasteiger charge is -2.16. The molecule has 0 aliphatic heterocycles. The van der Waals surface area contributed by atoms with Crippen LogP contribution in [0.25, 0.3) is 0 Å². The fraction of sp³-hybridized carbons (Fsp3) is 1.00. The van der Waals surface area contributed by atoms with Gasteiger partial charge >= 0.3 is 0 Å². The lowest BCUT2D eigenvalue weighted by molar-refractivity contribution is 0.416. The minimum absolute atomic E-state index is 0.800. The number of thioether (sulfide) groups is 1. The van der Waals surface area contributed by atoms with Gasteiger partial charge in [0.15, 0.2) is 0 Å². The summed E-state index contributed by atoms with van der Waals surface area (Å²) in [5, 5.41) is 0. The molecule has 0 radical (unpaired) electrons. The molecule has 1 saturated carbocycles. The second-order valence-corrected chi connectivity index (χ2v) is 6.27. The summed E-state index contributed by atoms with van der Waals surface area (Å²) in [6.07, 6.45) is 4.27. The third-order valence-corrected chi connectivity index (χ3v) is 5.19. The maximum atomic E-state index is 3.75. The highest BCUT2D eigenvalue weighted by molar-refractivity contribution is 9.09. The summed E-state index contributed by atoms with van der Waals surface area (Å²) in [5.41, 5.74) is 0. The van der Waals surface area contributed by atoms with E-state index in [2.05, 4.69) is 41.5 Å². The summed E-state index contributed by atoms with van der Waals surface area (Å²) >= 11 is 5.83. The van der Waals surface area contributed by atoms with Crippen molar-refractivity contribution in [1.29, 1.82) is 0 Å². The fourth-order valence-corrected chi connectivity index (χ4v) is 3.43. The van der Waals surface area contributed by atoms with Gasteiger partial charge in [-0.1, -0.05) is 29.8 Å². The molecular formula is C10H19BrS. The van der Waals surface area contributed by atoms with Gasteiger partial charge in [0.1, 0.15) is 0 Å². The van der Waals surface area contributed by atoms with Crippen LogP contribution < -0.4 is 0 Å². The quantitative estimate of drug-likeness (QED) is 0.538. The standard InChI is InChI=1S/C10H19BrS/c1-3-12-7-6-9-4-5-10(11)8(9)2/h8-10H,3-7H2,1-2H3. The van der Waals surface area contributed by atoms with Gasteiger partial charge in [-0.25, -0.2) is 0 Å². The maximum Gasteiger partial charge on any atom is 0.0174 e. The van der Waals surface area contributed by atoms with Gasteiger partial charge in [0.25, 0.3) is 0 Å². The summed E-state index contributed by atoms with van der Waals surface area (Å²) in [6, 6.07) is 0. The van der Waals surface area contributed by atoms with Gasteiger partial charge in [0, 0.05) is 4.83 Å². The van der Waals surface area contributed by atoms with Crippen molar-refractivity contribution in [3.63, 3.8) is 0 Å². The van der Waals surface area contributed by atoms with E-state index in [1.807, 2.05) is 0 Å². The normalized spacial score (nSPS) is 35.8. The van der Waals surface area contributed by atoms with Crippen molar-refractivity contribution in [1.82, 2.24) is 0 Å². The Kier molecular flexibility index (Phi) is 5.03. The molecule has 0 aromatic heterocycles. The van der Waals surface area contributed by atoms with E-state index in [9.17, 15) is 0 Å². The van der Waals surface area contributed by atoms with E-state index in [0.717, 1.165) is 16.7 Å². The predicted molar refractivity (Wildman–Crippen MR) is 62.2 cm³/mol. The van der Waals surface area contributed by atoms with Crippen molar-refractivity contribution in [2.24, 2.45) is 11.8 Å². The zero-order valence-electron chi connectivity index (χ0n) is 8.05. The molecule has 3 unspecified atom stereocenters. The first-order valence-corrected chi connectivity index (χ1v) is 7.04. The molecule has 2 heteroatoms. The molecule has 0 aromatic carbocycles. The molecule has 0 spiro atoms. The van der Waals surface area contributed by atoms with Crippen molar-refractivity contribution >= 4 is 27.7 Å². The first-order valence-electron chi connectivity index (χ1n) is 4.97. The van der Waals surface area contributed by atoms with Crippen LogP contribution in [0.2, 0.25) is 0 Å². The van der Waals surface area contributed by atoms with E-state index >= 15 is 0 Å². The molecule has 1 rings (SSSR count). The molecule has 72 valence electrons. The van der Waals surface area contributed by atoms with Gasteiger partial charge < -0.3 is 0 Å². The molecule has 1 fully saturated rings. The summed E-state index contributed by atoms with van der Waals surface area (Å²) in [5.74, 6) is 4.54. The lowest BCUT2D eigenvalue weighted by atomic mass is 9.96. The molecule has 1 aliphatic carbocycles. The molecule has 0 aromatic rings. The molecule has 0 heterocycles. The van der Waals surface area contributed by atoms with E-state index in [4.69, 9.17) is 0 Å². The van der Waals surface area contributed by atoms with Crippen molar-refractivity contribution in [2.45, 2.75) is 37.9 Å². The highest BCUT2D eigenvalue weighted by Gasteiger charge is 2.30. The van der Waals surface area contributed by atoms with Gasteiger partial charge in [0.2, 0.25) is 0 Å². The van der Waals surface area contributed by atoms with Gasteiger partial charge in [-0.2, -0.15) is 11.8 Å². The van der Waals surface area contributed by atoms with E-state index in [0.29, 0.717) is 0 Å². The van der Waals surface area contributed by atoms with Crippen molar-refractivity contribution in [3.05, 3.63) is 0 Å². The van der Waals surface area contributed by atoms with Gasteiger partial charge in [-0.05, 0) is 42.6 Å². The van der Waals surface area contributed by atoms with Crippen LogP contribution in [0.1, 0.15) is 33.1 Å². The molecule has 0 nitrogen and oxygen atoms in total. The van der Waals surface area contributed by atoms with Crippen LogP contribution in [0.4, 0.5) is 0 Å². The van der Waals surface area contributed by atoms with Crippen LogP contribution in [0.15, 0.2) is 0 Å². The number of hydrogen-bond donors (Lipinski definition) is 0. The molecular weight excluding hydrogens is 232 g/mol. The monoisotopic (exact) mass is 250 g/mol. The average Bonchev–Trinajstić information content (AvgIpc) is 2.36. The largest absolute Gasteiger partial charge is 0.162 e. The van der Waals surface area contributed by atoms with Gasteiger partial charge in [-0.15, -0.1) is 0 Å². The summed E-state index contributed by atoms with van der Waals surface area (Å²) < 4.78 is 0. The van der Waals surface area contributed by atoms with E-state index < -0.39 is 0 Å². The Morgan fingerprint density at radius 3 is 2.67 bits per heavy atom. The number of hydrogen-bond acceptors (Lipinski definition) is 1. The highest BCUT2D eigenvalue weighted by atomic mass is 79.9. The second kappa shape index (κ2) is 5.54. The maximum absolute atomic E-state index is 3.75. The third kappa shape index (κ3) is 2.95. The molecule has 3 atom stereocenters. The Morgan fingerprint density at radius 1 is 1.42 bits per heavy atom. The van der Waals surface area contributed by atoms with Crippen molar-refractivity contribution < 1.29 is 0 Å². The first kappa shape index (κ1) is 10.9. The first-order chi connectivity index (χ1) is 5.75. The molecule has 0 saturated heterocycles. The van der Waals surface area contributed by atoms with Crippen LogP contribution >= 0.6 is 27.7 Å². The summed E-state index contributed by atoms with van der Waals surface area (Å²) in [6.45, 7) is 4.64. The molecule has 1 aliphatic rings. The Balaban J connectivity index is 2.16. The van der Waals surface area contributed by atoms with E-state index in [-0.39, 0.29) is 0 Å². The Hall–Kier alpha value is 0.830. The van der Waals surface area contributed by atoms with Crippen molar-refractivity contribution in [3.8, 4) is 0 Å². The summed E-state index contributed by atoms with van der Waals surface area (Å²) in [4.78, 5) is 0.800. The molecule has 0 N–H and O–H groups in total. The highest BCUT2D eigenvalue weighted by Crippen LogP contribution is 2.38. The fourth-order valence-electron chi connectivity index (χ4n) is 1.98. The molecule has 12 heavy (non-hydrogen) atoms. The van der Waals surface area contributed by atoms with Crippen molar-refractivity contribution in [2.75, 3.05) is 11.5 Å². The summed E-state index contributed by atoms with van der Waals surface area (Å²) in [7, 11) is 0. The molecule has 0 bridgehead atoms. The number of alkyl halides is 1. The zero-order valence-corrected chi connectivity index (χ0v) is 10.5. The topological polar surface area (TPSA) is 0 Å². The van der Waals surface area contributed by atoms with Crippen LogP contribution in [0.5, 0.6) is 0 Å². The van der Waals surface area contributed by atoms with Gasteiger partial charge in [0.05, 0.1) is 0 Å². The average molecular weight is 251 g/mol. The second-order valence-electron chi connectivity index (χ2n) is 3.70. The van der Waals surface area contributed by atoms with E-state index in [1.165, 1.54) is 30.8 Å². The minimum Gasteiger partial charge on any atom is -0.162 e. The lowest BCUT2D eigenvalue weighted by Crippen LogP contribution is -2.11.